The van der Waals surface area contributed by atoms with Gasteiger partial charge in [0, 0.05) is 23.9 Å². The molecule has 3 aliphatic rings. The van der Waals surface area contributed by atoms with E-state index >= 15 is 0 Å². The van der Waals surface area contributed by atoms with E-state index in [0.29, 0.717) is 19.1 Å². The monoisotopic (exact) mass is 498 g/mol. The molecule has 0 radical (unpaired) electrons. The van der Waals surface area contributed by atoms with Crippen LogP contribution in [0.5, 0.6) is 5.75 Å². The number of carbonyl (C=O) groups excluding carboxylic acids is 1. The number of amides is 1. The van der Waals surface area contributed by atoms with Gasteiger partial charge in [0.1, 0.15) is 12.4 Å². The Morgan fingerprint density at radius 2 is 1.81 bits per heavy atom. The molecule has 2 aromatic carbocycles. The second kappa shape index (κ2) is 11.4. The molecule has 194 valence electrons. The van der Waals surface area contributed by atoms with E-state index in [0.717, 1.165) is 43.2 Å². The maximum Gasteiger partial charge on any atom is 0.232 e. The van der Waals surface area contributed by atoms with Gasteiger partial charge in [-0.3, -0.25) is 9.79 Å². The van der Waals surface area contributed by atoms with Crippen molar-refractivity contribution in [1.29, 1.82) is 0 Å². The van der Waals surface area contributed by atoms with Crippen LogP contribution in [0.2, 0.25) is 0 Å². The van der Waals surface area contributed by atoms with Crippen molar-refractivity contribution in [3.8, 4) is 5.75 Å². The minimum atomic E-state index is -0.463. The number of fused-ring (bicyclic) bond motifs is 1. The molecule has 37 heavy (non-hydrogen) atoms. The molecule has 3 aliphatic heterocycles. The van der Waals surface area contributed by atoms with Gasteiger partial charge in [-0.2, -0.15) is 0 Å². The van der Waals surface area contributed by atoms with Gasteiger partial charge in [0.05, 0.1) is 11.6 Å². The van der Waals surface area contributed by atoms with Gasteiger partial charge in [-0.05, 0) is 88.1 Å². The van der Waals surface area contributed by atoms with Crippen molar-refractivity contribution in [1.82, 2.24) is 15.5 Å². The predicted molar refractivity (Wildman–Crippen MR) is 149 cm³/mol. The number of piperidine rings is 1. The first-order chi connectivity index (χ1) is 18.0. The summed E-state index contributed by atoms with van der Waals surface area (Å²) in [7, 11) is 2.19. The van der Waals surface area contributed by atoms with Gasteiger partial charge < -0.3 is 20.3 Å². The molecule has 1 saturated heterocycles. The average molecular weight is 499 g/mol. The quantitative estimate of drug-likeness (QED) is 0.544. The second-order valence-corrected chi connectivity index (χ2v) is 10.8. The molecule has 0 spiro atoms. The first-order valence-corrected chi connectivity index (χ1v) is 13.4. The number of nitrogens with zero attached hydrogens (tertiary/aromatic N) is 2. The lowest BCUT2D eigenvalue weighted by Gasteiger charge is -2.40. The molecule has 0 saturated carbocycles. The lowest BCUT2D eigenvalue weighted by molar-refractivity contribution is -0.125. The van der Waals surface area contributed by atoms with E-state index in [2.05, 4.69) is 72.0 Å². The molecule has 6 nitrogen and oxygen atoms in total. The zero-order valence-corrected chi connectivity index (χ0v) is 22.0. The van der Waals surface area contributed by atoms with E-state index in [1.807, 2.05) is 24.3 Å². The fraction of sp³-hybridized carbons (Fsp3) is 0.419. The second-order valence-electron chi connectivity index (χ2n) is 10.8. The fourth-order valence-corrected chi connectivity index (χ4v) is 5.58. The summed E-state index contributed by atoms with van der Waals surface area (Å²) in [5, 5.41) is 6.69. The summed E-state index contributed by atoms with van der Waals surface area (Å²) in [6, 6.07) is 18.6. The van der Waals surface area contributed by atoms with Crippen molar-refractivity contribution in [2.75, 3.05) is 39.8 Å². The van der Waals surface area contributed by atoms with Crippen LogP contribution in [0.3, 0.4) is 0 Å². The Labute approximate surface area is 220 Å². The lowest BCUT2D eigenvalue weighted by atomic mass is 9.69. The molecule has 1 fully saturated rings. The zero-order valence-electron chi connectivity index (χ0n) is 22.0. The molecule has 6 heteroatoms. The van der Waals surface area contributed by atoms with Crippen LogP contribution < -0.4 is 15.4 Å². The van der Waals surface area contributed by atoms with E-state index in [4.69, 9.17) is 9.73 Å². The van der Waals surface area contributed by atoms with Crippen LogP contribution >= 0.6 is 0 Å². The van der Waals surface area contributed by atoms with Crippen molar-refractivity contribution >= 4 is 11.6 Å². The van der Waals surface area contributed by atoms with Crippen LogP contribution in [0.25, 0.3) is 0 Å². The maximum atomic E-state index is 13.0. The molecule has 0 bridgehead atoms. The molecule has 5 rings (SSSR count). The summed E-state index contributed by atoms with van der Waals surface area (Å²) in [5.74, 6) is 1.23. The SMILES string of the molecule is CN1CCC(CNCC2=NC=CC3C(=O)NC(COc4ccc(Cc5ccccc5)cc4)=CC23C)CC1. The van der Waals surface area contributed by atoms with Crippen molar-refractivity contribution < 1.29 is 9.53 Å². The highest BCUT2D eigenvalue weighted by Gasteiger charge is 2.44. The van der Waals surface area contributed by atoms with Crippen LogP contribution in [0.15, 0.2) is 83.6 Å². The number of aliphatic imine (C=N–C) groups is 1. The molecule has 2 aromatic rings. The third kappa shape index (κ3) is 6.20. The standard InChI is InChI=1S/C31H38N4O2/c1-31-19-26(22-37-27-10-8-24(9-11-27)18-23-6-4-3-5-7-23)34-30(36)28(31)12-15-33-29(31)21-32-20-25-13-16-35(2)17-14-25/h3-12,15,19,25,28,32H,13-14,16-18,20-22H2,1-2H3,(H,34,36). The first-order valence-electron chi connectivity index (χ1n) is 13.4. The summed E-state index contributed by atoms with van der Waals surface area (Å²) in [6.45, 7) is 6.43. The van der Waals surface area contributed by atoms with Crippen LogP contribution in [0.1, 0.15) is 30.9 Å². The van der Waals surface area contributed by atoms with Crippen LogP contribution in [0, 0.1) is 17.3 Å². The molecule has 0 aromatic heterocycles. The van der Waals surface area contributed by atoms with Crippen LogP contribution in [0.4, 0.5) is 0 Å². The van der Waals surface area contributed by atoms with Crippen molar-refractivity contribution in [2.24, 2.45) is 22.2 Å². The van der Waals surface area contributed by atoms with Crippen molar-refractivity contribution in [3.05, 3.63) is 89.8 Å². The normalized spacial score (nSPS) is 24.2. The Bertz CT molecular complexity index is 1160. The number of hydrogen-bond acceptors (Lipinski definition) is 5. The number of carbonyl (C=O) groups is 1. The minimum Gasteiger partial charge on any atom is -0.487 e. The maximum absolute atomic E-state index is 13.0. The third-order valence-electron chi connectivity index (χ3n) is 7.95. The highest BCUT2D eigenvalue weighted by molar-refractivity contribution is 6.01. The number of hydrogen-bond donors (Lipinski definition) is 2. The molecule has 1 amide bonds. The first kappa shape index (κ1) is 25.4. The van der Waals surface area contributed by atoms with E-state index in [9.17, 15) is 4.79 Å². The number of rotatable bonds is 9. The smallest absolute Gasteiger partial charge is 0.232 e. The summed E-state index contributed by atoms with van der Waals surface area (Å²) >= 11 is 0. The third-order valence-corrected chi connectivity index (χ3v) is 7.95. The van der Waals surface area contributed by atoms with Crippen LogP contribution in [-0.4, -0.2) is 56.4 Å². The summed E-state index contributed by atoms with van der Waals surface area (Å²) in [4.78, 5) is 20.1. The summed E-state index contributed by atoms with van der Waals surface area (Å²) < 4.78 is 6.07. The molecule has 2 N–H and O–H groups in total. The number of ether oxygens (including phenoxy) is 1. The Morgan fingerprint density at radius 3 is 2.57 bits per heavy atom. The average Bonchev–Trinajstić information content (AvgIpc) is 2.90. The predicted octanol–water partition coefficient (Wildman–Crippen LogP) is 4.19. The van der Waals surface area contributed by atoms with E-state index < -0.39 is 5.41 Å². The Morgan fingerprint density at radius 1 is 1.08 bits per heavy atom. The van der Waals surface area contributed by atoms with Gasteiger partial charge in [-0.25, -0.2) is 0 Å². The van der Waals surface area contributed by atoms with Gasteiger partial charge in [0.2, 0.25) is 5.91 Å². The Balaban J connectivity index is 1.19. The van der Waals surface area contributed by atoms with Crippen molar-refractivity contribution in [2.45, 2.75) is 26.2 Å². The Hall–Kier alpha value is -3.22. The highest BCUT2D eigenvalue weighted by atomic mass is 16.5. The van der Waals surface area contributed by atoms with Gasteiger partial charge in [-0.1, -0.05) is 48.5 Å². The molecular weight excluding hydrogens is 460 g/mol. The minimum absolute atomic E-state index is 0.000719. The van der Waals surface area contributed by atoms with Crippen LogP contribution in [-0.2, 0) is 11.2 Å². The molecule has 0 aliphatic carbocycles. The molecule has 2 unspecified atom stereocenters. The van der Waals surface area contributed by atoms with Gasteiger partial charge in [0.25, 0.3) is 0 Å². The summed E-state index contributed by atoms with van der Waals surface area (Å²) in [6.07, 6.45) is 9.19. The molecule has 2 atom stereocenters. The molecular formula is C31H38N4O2. The largest absolute Gasteiger partial charge is 0.487 e. The van der Waals surface area contributed by atoms with Gasteiger partial charge >= 0.3 is 0 Å². The summed E-state index contributed by atoms with van der Waals surface area (Å²) in [5.41, 5.74) is 3.85. The van der Waals surface area contributed by atoms with Gasteiger partial charge in [0.15, 0.2) is 0 Å². The number of nitrogens with one attached hydrogen (secondary N) is 2. The molecule has 3 heterocycles. The van der Waals surface area contributed by atoms with Gasteiger partial charge in [-0.15, -0.1) is 0 Å². The van der Waals surface area contributed by atoms with Crippen molar-refractivity contribution in [3.63, 3.8) is 0 Å². The highest BCUT2D eigenvalue weighted by Crippen LogP contribution is 2.38. The van der Waals surface area contributed by atoms with E-state index in [-0.39, 0.29) is 11.8 Å². The number of likely N-dealkylation sites (tertiary alicyclic amines) is 1. The lowest BCUT2D eigenvalue weighted by Crippen LogP contribution is -2.51. The van der Waals surface area contributed by atoms with E-state index in [1.54, 1.807) is 6.20 Å². The number of allylic oxidation sites excluding steroid dienone is 1. The topological polar surface area (TPSA) is 66.0 Å². The Kier molecular flexibility index (Phi) is 7.87. The number of benzene rings is 2. The zero-order chi connectivity index (χ0) is 25.7. The fourth-order valence-electron chi connectivity index (χ4n) is 5.58. The van der Waals surface area contributed by atoms with E-state index in [1.165, 1.54) is 24.0 Å².